The number of pyridine rings is 1. The van der Waals surface area contributed by atoms with Crippen LogP contribution in [0, 0.1) is 6.92 Å². The van der Waals surface area contributed by atoms with Gasteiger partial charge in [0.25, 0.3) is 11.7 Å². The van der Waals surface area contributed by atoms with Gasteiger partial charge in [-0.2, -0.15) is 0 Å². The number of Topliss-reactive ketones (excluding diaryl/α,β-unsaturated/α-hetero) is 1. The van der Waals surface area contributed by atoms with Gasteiger partial charge in [0, 0.05) is 12.7 Å². The summed E-state index contributed by atoms with van der Waals surface area (Å²) in [4.78, 5) is 34.9. The number of imidazole rings is 1. The normalized spacial score (nSPS) is 17.1. The quantitative estimate of drug-likeness (QED) is 0.175. The number of nitrogens with zero attached hydrogens (tertiary/aromatic N) is 4. The number of ether oxygens (including phenoxy) is 2. The first-order valence-electron chi connectivity index (χ1n) is 13.0. The fraction of sp³-hybridized carbons (Fsp3) is 0.414. The second-order valence-corrected chi connectivity index (χ2v) is 9.74. The first-order chi connectivity index (χ1) is 18.3. The summed E-state index contributed by atoms with van der Waals surface area (Å²) in [5.74, 6) is -0.508. The van der Waals surface area contributed by atoms with E-state index < -0.39 is 17.7 Å². The second-order valence-electron chi connectivity index (χ2n) is 9.74. The van der Waals surface area contributed by atoms with Crippen molar-refractivity contribution in [2.75, 3.05) is 40.9 Å². The largest absolute Gasteiger partial charge is 0.505 e. The topological polar surface area (TPSA) is 96.6 Å². The molecule has 1 N–H and O–H groups in total. The van der Waals surface area contributed by atoms with Crippen LogP contribution in [0.5, 0.6) is 11.5 Å². The first-order valence-corrected chi connectivity index (χ1v) is 13.0. The number of benzene rings is 1. The highest BCUT2D eigenvalue weighted by atomic mass is 16.5. The van der Waals surface area contributed by atoms with Crippen molar-refractivity contribution < 1.29 is 24.2 Å². The van der Waals surface area contributed by atoms with E-state index in [4.69, 9.17) is 9.47 Å². The summed E-state index contributed by atoms with van der Waals surface area (Å²) < 4.78 is 13.2. The predicted octanol–water partition coefficient (Wildman–Crippen LogP) is 4.20. The molecule has 1 amide bonds. The minimum Gasteiger partial charge on any atom is -0.505 e. The molecule has 1 saturated heterocycles. The molecule has 3 aromatic rings. The molecule has 1 atom stereocenters. The van der Waals surface area contributed by atoms with Gasteiger partial charge in [-0.25, -0.2) is 4.98 Å². The Hall–Kier alpha value is -3.85. The van der Waals surface area contributed by atoms with Crippen molar-refractivity contribution in [3.8, 4) is 11.5 Å². The van der Waals surface area contributed by atoms with Crippen LogP contribution in [-0.2, 0) is 9.59 Å². The molecule has 1 aromatic carbocycles. The van der Waals surface area contributed by atoms with Crippen LogP contribution in [0.4, 0.5) is 0 Å². The van der Waals surface area contributed by atoms with Gasteiger partial charge < -0.3 is 24.4 Å². The Morgan fingerprint density at radius 1 is 1.13 bits per heavy atom. The first kappa shape index (κ1) is 27.2. The van der Waals surface area contributed by atoms with E-state index in [9.17, 15) is 14.7 Å². The van der Waals surface area contributed by atoms with Crippen molar-refractivity contribution in [3.63, 3.8) is 0 Å². The van der Waals surface area contributed by atoms with Crippen LogP contribution in [-0.4, -0.2) is 76.9 Å². The van der Waals surface area contributed by atoms with Gasteiger partial charge in [-0.1, -0.05) is 25.5 Å². The smallest absolute Gasteiger partial charge is 0.295 e. The lowest BCUT2D eigenvalue weighted by molar-refractivity contribution is -0.139. The Morgan fingerprint density at radius 2 is 1.92 bits per heavy atom. The number of aryl methyl sites for hydroxylation is 1. The molecule has 0 radical (unpaired) electrons. The maximum absolute atomic E-state index is 13.5. The molecule has 9 nitrogen and oxygen atoms in total. The van der Waals surface area contributed by atoms with Crippen LogP contribution in [0.2, 0.25) is 0 Å². The molecule has 1 unspecified atom stereocenters. The van der Waals surface area contributed by atoms with Crippen LogP contribution in [0.25, 0.3) is 11.4 Å². The van der Waals surface area contributed by atoms with E-state index in [0.717, 1.165) is 19.4 Å². The Labute approximate surface area is 223 Å². The van der Waals surface area contributed by atoms with Gasteiger partial charge in [-0.15, -0.1) is 0 Å². The molecule has 4 rings (SSSR count). The van der Waals surface area contributed by atoms with Crippen molar-refractivity contribution in [1.82, 2.24) is 19.2 Å². The fourth-order valence-electron chi connectivity index (χ4n) is 4.84. The van der Waals surface area contributed by atoms with Crippen molar-refractivity contribution in [1.29, 1.82) is 0 Å². The van der Waals surface area contributed by atoms with Gasteiger partial charge in [-0.05, 0) is 70.2 Å². The molecule has 0 spiro atoms. The van der Waals surface area contributed by atoms with Crippen LogP contribution >= 0.6 is 0 Å². The molecule has 3 heterocycles. The zero-order valence-electron chi connectivity index (χ0n) is 22.7. The number of aliphatic hydroxyl groups excluding tert-OH is 1. The minimum absolute atomic E-state index is 0.0373. The number of aliphatic hydroxyl groups is 1. The molecule has 1 aliphatic rings. The van der Waals surface area contributed by atoms with Gasteiger partial charge in [0.05, 0.1) is 31.0 Å². The van der Waals surface area contributed by atoms with Crippen LogP contribution in [0.3, 0.4) is 0 Å². The van der Waals surface area contributed by atoms with Gasteiger partial charge in [-0.3, -0.25) is 14.0 Å². The van der Waals surface area contributed by atoms with Crippen LogP contribution < -0.4 is 9.47 Å². The third kappa shape index (κ3) is 5.24. The van der Waals surface area contributed by atoms with Gasteiger partial charge >= 0.3 is 0 Å². The highest BCUT2D eigenvalue weighted by Crippen LogP contribution is 2.42. The monoisotopic (exact) mass is 520 g/mol. The Bertz CT molecular complexity index is 1360. The van der Waals surface area contributed by atoms with Gasteiger partial charge in [0.2, 0.25) is 0 Å². The van der Waals surface area contributed by atoms with E-state index in [-0.39, 0.29) is 11.3 Å². The van der Waals surface area contributed by atoms with E-state index >= 15 is 0 Å². The van der Waals surface area contributed by atoms with Crippen LogP contribution in [0.1, 0.15) is 49.2 Å². The summed E-state index contributed by atoms with van der Waals surface area (Å²) >= 11 is 0. The number of hydrogen-bond donors (Lipinski definition) is 1. The number of likely N-dealkylation sites (tertiary alicyclic amines) is 1. The number of carbonyl (C=O) groups excluding carboxylic acids is 2. The second kappa shape index (κ2) is 11.7. The summed E-state index contributed by atoms with van der Waals surface area (Å²) in [6.07, 6.45) is 4.36. The zero-order chi connectivity index (χ0) is 27.4. The summed E-state index contributed by atoms with van der Waals surface area (Å²) in [6.45, 7) is 5.52. The average molecular weight is 521 g/mol. The summed E-state index contributed by atoms with van der Waals surface area (Å²) in [7, 11) is 5.48. The van der Waals surface area contributed by atoms with E-state index in [1.807, 2.05) is 43.3 Å². The molecule has 0 saturated carbocycles. The zero-order valence-corrected chi connectivity index (χ0v) is 22.7. The third-order valence-electron chi connectivity index (χ3n) is 6.73. The number of carbonyl (C=O) groups is 2. The number of ketones is 1. The molecular weight excluding hydrogens is 484 g/mol. The maximum Gasteiger partial charge on any atom is 0.295 e. The lowest BCUT2D eigenvalue weighted by Gasteiger charge is -2.26. The molecule has 2 aromatic heterocycles. The van der Waals surface area contributed by atoms with Crippen molar-refractivity contribution in [2.24, 2.45) is 0 Å². The molecule has 9 heteroatoms. The average Bonchev–Trinajstić information content (AvgIpc) is 3.36. The number of fused-ring (bicyclic) bond motifs is 1. The fourth-order valence-corrected chi connectivity index (χ4v) is 4.84. The Balaban J connectivity index is 1.85. The van der Waals surface area contributed by atoms with E-state index in [1.165, 1.54) is 0 Å². The molecule has 1 fully saturated rings. The predicted molar refractivity (Wildman–Crippen MR) is 146 cm³/mol. The summed E-state index contributed by atoms with van der Waals surface area (Å²) in [5.41, 5.74) is 2.28. The highest BCUT2D eigenvalue weighted by molar-refractivity contribution is 6.46. The molecule has 1 aliphatic heterocycles. The molecule has 0 aliphatic carbocycles. The lowest BCUT2D eigenvalue weighted by atomic mass is 9.95. The van der Waals surface area contributed by atoms with Gasteiger partial charge in [0.1, 0.15) is 11.3 Å². The number of unbranched alkanes of at least 4 members (excludes halogenated alkanes) is 1. The summed E-state index contributed by atoms with van der Waals surface area (Å²) in [5, 5.41) is 11.6. The highest BCUT2D eigenvalue weighted by Gasteiger charge is 2.46. The minimum atomic E-state index is -0.788. The number of hydrogen-bond acceptors (Lipinski definition) is 7. The molecule has 0 bridgehead atoms. The van der Waals surface area contributed by atoms with E-state index in [0.29, 0.717) is 53.7 Å². The van der Waals surface area contributed by atoms with Crippen molar-refractivity contribution in [2.45, 2.75) is 39.2 Å². The maximum atomic E-state index is 13.5. The Kier molecular flexibility index (Phi) is 8.36. The number of aromatic nitrogens is 2. The van der Waals surface area contributed by atoms with E-state index in [2.05, 4.69) is 11.9 Å². The number of rotatable bonds is 11. The third-order valence-corrected chi connectivity index (χ3v) is 6.73. The lowest BCUT2D eigenvalue weighted by Crippen LogP contribution is -2.32. The molecule has 202 valence electrons. The SMILES string of the molecule is CCCCOc1ccc(C2C(=C(O)c3c(C)nc4ccccn34)C(=O)C(=O)N2CCCN(C)C)cc1OC. The van der Waals surface area contributed by atoms with Crippen molar-refractivity contribution >= 4 is 23.1 Å². The van der Waals surface area contributed by atoms with Crippen molar-refractivity contribution in [3.05, 3.63) is 65.1 Å². The van der Waals surface area contributed by atoms with Gasteiger partial charge in [0.15, 0.2) is 17.3 Å². The molecular formula is C29H36N4O5. The molecule has 38 heavy (non-hydrogen) atoms. The standard InChI is InChI=1S/C29H36N4O5/c1-6-7-17-38-21-13-12-20(18-22(21)37-5)26-24(28(35)29(36)33(26)16-10-14-31(3)4)27(34)25-19(2)30-23-11-8-9-15-32(23)25/h8-9,11-13,15,18,26,34H,6-7,10,14,16-17H2,1-5H3. The number of amides is 1. The Morgan fingerprint density at radius 3 is 2.63 bits per heavy atom. The number of methoxy groups -OCH3 is 1. The van der Waals surface area contributed by atoms with E-state index in [1.54, 1.807) is 41.7 Å². The summed E-state index contributed by atoms with van der Waals surface area (Å²) in [6, 6.07) is 10.1. The van der Waals surface area contributed by atoms with Crippen LogP contribution in [0.15, 0.2) is 48.2 Å².